The van der Waals surface area contributed by atoms with Crippen LogP contribution in [-0.2, 0) is 14.6 Å². The first-order valence-corrected chi connectivity index (χ1v) is 9.91. The molecule has 1 aliphatic heterocycles. The summed E-state index contributed by atoms with van der Waals surface area (Å²) in [5.74, 6) is -1.04. The summed E-state index contributed by atoms with van der Waals surface area (Å²) in [4.78, 5) is 13.2. The highest BCUT2D eigenvalue weighted by Crippen LogP contribution is 2.37. The molecule has 2 rings (SSSR count). The molecule has 0 aromatic heterocycles. The molecule has 3 N–H and O–H groups in total. The van der Waals surface area contributed by atoms with Crippen LogP contribution in [0.5, 0.6) is 5.75 Å². The average molecular weight is 391 g/mol. The highest BCUT2D eigenvalue weighted by molar-refractivity contribution is 7.91. The maximum atomic E-state index is 12.7. The Kier molecular flexibility index (Phi) is 5.44. The molecular formula is C16H23ClN2O5S. The monoisotopic (exact) mass is 390 g/mol. The molecule has 140 valence electrons. The standard InChI is InChI=1S/C16H23ClN2O5S/c1-16(2,3)24-15(21)19-7-6-10(8-19)9-25(22,23)14-11(17)4-5-12(18)13(14)20/h4-5,10,20H,6-9,18H2,1-3H3. The van der Waals surface area contributed by atoms with E-state index in [4.69, 9.17) is 22.1 Å². The van der Waals surface area contributed by atoms with Crippen LogP contribution in [0.2, 0.25) is 5.02 Å². The van der Waals surface area contributed by atoms with Crippen LogP contribution in [0.4, 0.5) is 10.5 Å². The van der Waals surface area contributed by atoms with E-state index in [9.17, 15) is 18.3 Å². The first-order valence-electron chi connectivity index (χ1n) is 7.88. The largest absolute Gasteiger partial charge is 0.504 e. The lowest BCUT2D eigenvalue weighted by atomic mass is 10.2. The minimum Gasteiger partial charge on any atom is -0.504 e. The highest BCUT2D eigenvalue weighted by atomic mass is 35.5. The molecule has 1 heterocycles. The number of halogens is 1. The van der Waals surface area contributed by atoms with Crippen molar-refractivity contribution in [3.05, 3.63) is 17.2 Å². The predicted octanol–water partition coefficient (Wildman–Crippen LogP) is 2.66. The van der Waals surface area contributed by atoms with Crippen LogP contribution < -0.4 is 5.73 Å². The van der Waals surface area contributed by atoms with Crippen molar-refractivity contribution in [3.63, 3.8) is 0 Å². The second kappa shape index (κ2) is 6.92. The molecule has 9 heteroatoms. The molecule has 0 spiro atoms. The molecule has 0 aliphatic carbocycles. The summed E-state index contributed by atoms with van der Waals surface area (Å²) >= 11 is 5.94. The number of carbonyl (C=O) groups excluding carboxylic acids is 1. The predicted molar refractivity (Wildman–Crippen MR) is 95.5 cm³/mol. The zero-order valence-electron chi connectivity index (χ0n) is 14.5. The van der Waals surface area contributed by atoms with Crippen molar-refractivity contribution in [3.8, 4) is 5.75 Å². The Hall–Kier alpha value is -1.67. The summed E-state index contributed by atoms with van der Waals surface area (Å²) in [6.45, 7) is 6.01. The summed E-state index contributed by atoms with van der Waals surface area (Å²) in [5.41, 5.74) is 4.91. The Balaban J connectivity index is 2.11. The molecule has 25 heavy (non-hydrogen) atoms. The molecule has 1 amide bonds. The maximum Gasteiger partial charge on any atom is 0.410 e. The number of carbonyl (C=O) groups is 1. The number of ether oxygens (including phenoxy) is 1. The van der Waals surface area contributed by atoms with Crippen molar-refractivity contribution < 1.29 is 23.1 Å². The highest BCUT2D eigenvalue weighted by Gasteiger charge is 2.34. The molecule has 1 fully saturated rings. The zero-order valence-corrected chi connectivity index (χ0v) is 16.0. The molecule has 1 unspecified atom stereocenters. The summed E-state index contributed by atoms with van der Waals surface area (Å²) in [7, 11) is -3.85. The van der Waals surface area contributed by atoms with Gasteiger partial charge in [0.05, 0.1) is 16.5 Å². The molecule has 7 nitrogen and oxygen atoms in total. The number of anilines is 1. The van der Waals surface area contributed by atoms with Crippen LogP contribution in [0, 0.1) is 5.92 Å². The fraction of sp³-hybridized carbons (Fsp3) is 0.562. The number of likely N-dealkylation sites (tertiary alicyclic amines) is 1. The lowest BCUT2D eigenvalue weighted by Crippen LogP contribution is -2.35. The fourth-order valence-electron chi connectivity index (χ4n) is 2.71. The Morgan fingerprint density at radius 3 is 2.68 bits per heavy atom. The number of nitrogen functional groups attached to an aromatic ring is 1. The Labute approximate surface area is 152 Å². The topological polar surface area (TPSA) is 110 Å². The number of nitrogens with zero attached hydrogens (tertiary/aromatic N) is 1. The number of phenols is 1. The summed E-state index contributed by atoms with van der Waals surface area (Å²) in [6, 6.07) is 2.68. The molecule has 0 radical (unpaired) electrons. The van der Waals surface area contributed by atoms with Gasteiger partial charge in [-0.3, -0.25) is 0 Å². The molecule has 1 saturated heterocycles. The molecular weight excluding hydrogens is 368 g/mol. The number of nitrogens with two attached hydrogens (primary N) is 1. The van der Waals surface area contributed by atoms with Gasteiger partial charge in [-0.2, -0.15) is 0 Å². The van der Waals surface area contributed by atoms with Crippen LogP contribution in [0.1, 0.15) is 27.2 Å². The van der Waals surface area contributed by atoms with E-state index in [-0.39, 0.29) is 33.8 Å². The maximum absolute atomic E-state index is 12.7. The van der Waals surface area contributed by atoms with Crippen molar-refractivity contribution in [2.45, 2.75) is 37.7 Å². The van der Waals surface area contributed by atoms with Crippen LogP contribution in [0.25, 0.3) is 0 Å². The average Bonchev–Trinajstić information content (AvgIpc) is 2.89. The smallest absolute Gasteiger partial charge is 0.410 e. The first-order chi connectivity index (χ1) is 11.4. The number of hydrogen-bond donors (Lipinski definition) is 2. The van der Waals surface area contributed by atoms with Gasteiger partial charge in [0, 0.05) is 13.1 Å². The summed E-state index contributed by atoms with van der Waals surface area (Å²) in [5, 5.41) is 9.91. The van der Waals surface area contributed by atoms with E-state index in [1.165, 1.54) is 17.0 Å². The molecule has 0 saturated carbocycles. The summed E-state index contributed by atoms with van der Waals surface area (Å²) < 4.78 is 30.6. The number of sulfone groups is 1. The van der Waals surface area contributed by atoms with Crippen LogP contribution in [0.15, 0.2) is 17.0 Å². The quantitative estimate of drug-likeness (QED) is 0.606. The van der Waals surface area contributed by atoms with E-state index in [0.29, 0.717) is 13.0 Å². The normalized spacial score (nSPS) is 18.4. The third-order valence-corrected chi connectivity index (χ3v) is 6.19. The van der Waals surface area contributed by atoms with Gasteiger partial charge in [0.2, 0.25) is 0 Å². The van der Waals surface area contributed by atoms with Gasteiger partial charge < -0.3 is 20.5 Å². The van der Waals surface area contributed by atoms with Gasteiger partial charge in [0.25, 0.3) is 0 Å². The van der Waals surface area contributed by atoms with Gasteiger partial charge in [0.1, 0.15) is 10.5 Å². The summed E-state index contributed by atoms with van der Waals surface area (Å²) in [6.07, 6.45) is 0.0661. The number of hydrogen-bond acceptors (Lipinski definition) is 6. The van der Waals surface area contributed by atoms with E-state index in [0.717, 1.165) is 0 Å². The van der Waals surface area contributed by atoms with Gasteiger partial charge in [-0.15, -0.1) is 0 Å². The van der Waals surface area contributed by atoms with E-state index in [1.54, 1.807) is 20.8 Å². The third-order valence-electron chi connectivity index (χ3n) is 3.82. The molecule has 1 aromatic rings. The molecule has 1 aliphatic rings. The van der Waals surface area contributed by atoms with Crippen molar-refractivity contribution >= 4 is 33.2 Å². The van der Waals surface area contributed by atoms with Crippen LogP contribution in [0.3, 0.4) is 0 Å². The number of aromatic hydroxyl groups is 1. The van der Waals surface area contributed by atoms with E-state index < -0.39 is 27.3 Å². The number of phenolic OH excluding ortho intramolecular Hbond substituents is 1. The van der Waals surface area contributed by atoms with Gasteiger partial charge >= 0.3 is 6.09 Å². The Morgan fingerprint density at radius 1 is 1.44 bits per heavy atom. The fourth-order valence-corrected chi connectivity index (χ4v) is 5.05. The van der Waals surface area contributed by atoms with Gasteiger partial charge in [-0.25, -0.2) is 13.2 Å². The van der Waals surface area contributed by atoms with E-state index in [1.807, 2.05) is 0 Å². The van der Waals surface area contributed by atoms with Crippen molar-refractivity contribution in [1.29, 1.82) is 0 Å². The van der Waals surface area contributed by atoms with Crippen molar-refractivity contribution in [1.82, 2.24) is 4.90 Å². The van der Waals surface area contributed by atoms with E-state index >= 15 is 0 Å². The lowest BCUT2D eigenvalue weighted by molar-refractivity contribution is 0.0289. The van der Waals surface area contributed by atoms with E-state index in [2.05, 4.69) is 0 Å². The second-order valence-electron chi connectivity index (χ2n) is 7.18. The Morgan fingerprint density at radius 2 is 2.08 bits per heavy atom. The van der Waals surface area contributed by atoms with Gasteiger partial charge in [-0.05, 0) is 45.2 Å². The molecule has 1 aromatic carbocycles. The van der Waals surface area contributed by atoms with Crippen LogP contribution >= 0.6 is 11.6 Å². The molecule has 1 atom stereocenters. The van der Waals surface area contributed by atoms with Gasteiger partial charge in [-0.1, -0.05) is 11.6 Å². The zero-order chi connectivity index (χ0) is 19.0. The first kappa shape index (κ1) is 19.7. The minimum atomic E-state index is -3.85. The minimum absolute atomic E-state index is 0.0511. The Bertz CT molecular complexity index is 773. The number of amides is 1. The second-order valence-corrected chi connectivity index (χ2v) is 9.56. The number of benzene rings is 1. The van der Waals surface area contributed by atoms with Crippen LogP contribution in [-0.4, -0.2) is 49.0 Å². The lowest BCUT2D eigenvalue weighted by Gasteiger charge is -2.24. The third kappa shape index (κ3) is 4.70. The van der Waals surface area contributed by atoms with Gasteiger partial charge in [0.15, 0.2) is 15.6 Å². The van der Waals surface area contributed by atoms with Crippen molar-refractivity contribution in [2.75, 3.05) is 24.6 Å². The SMILES string of the molecule is CC(C)(C)OC(=O)N1CCC(CS(=O)(=O)c2c(Cl)ccc(N)c2O)C1. The molecule has 0 bridgehead atoms. The number of rotatable bonds is 3. The van der Waals surface area contributed by atoms with Crippen molar-refractivity contribution in [2.24, 2.45) is 5.92 Å².